The van der Waals surface area contributed by atoms with E-state index in [0.717, 1.165) is 113 Å². The quantitative estimate of drug-likeness (QED) is 0.141. The minimum atomic E-state index is -0.283. The van der Waals surface area contributed by atoms with Crippen LogP contribution in [-0.4, -0.2) is 9.97 Å². The van der Waals surface area contributed by atoms with Crippen molar-refractivity contribution >= 4 is 45.5 Å². The molecular formula is C71H69N7Pt. The Morgan fingerprint density at radius 2 is 0.557 bits per heavy atom. The summed E-state index contributed by atoms with van der Waals surface area (Å²) in [7, 11) is 0. The van der Waals surface area contributed by atoms with Gasteiger partial charge in [-0.3, -0.25) is 9.97 Å². The van der Waals surface area contributed by atoms with Gasteiger partial charge >= 0.3 is 21.1 Å². The van der Waals surface area contributed by atoms with Crippen molar-refractivity contribution in [3.63, 3.8) is 0 Å². The van der Waals surface area contributed by atoms with Gasteiger partial charge < -0.3 is 31.4 Å². The first-order valence-electron chi connectivity index (χ1n) is 27.0. The summed E-state index contributed by atoms with van der Waals surface area (Å²) < 4.78 is 0. The van der Waals surface area contributed by atoms with Gasteiger partial charge in [-0.2, -0.15) is 6.07 Å². The first kappa shape index (κ1) is 56.0. The molecule has 0 spiro atoms. The van der Waals surface area contributed by atoms with Gasteiger partial charge in [0.1, 0.15) is 0 Å². The molecule has 79 heavy (non-hydrogen) atoms. The average Bonchev–Trinajstić information content (AvgIpc) is 4.16. The summed E-state index contributed by atoms with van der Waals surface area (Å²) in [6.45, 7) is 36.8. The summed E-state index contributed by atoms with van der Waals surface area (Å²) in [6, 6.07) is 71.4. The third-order valence-corrected chi connectivity index (χ3v) is 14.5. The Balaban J connectivity index is 0.00000250. The Morgan fingerprint density at radius 3 is 0.797 bits per heavy atom. The van der Waals surface area contributed by atoms with Gasteiger partial charge in [-0.15, -0.1) is 42.9 Å². The Hall–Kier alpha value is -7.78. The van der Waals surface area contributed by atoms with Gasteiger partial charge in [-0.05, 0) is 46.5 Å². The predicted octanol–water partition coefficient (Wildman–Crippen LogP) is 19.0. The number of para-hydroxylation sites is 4. The van der Waals surface area contributed by atoms with Crippen LogP contribution >= 0.6 is 0 Å². The van der Waals surface area contributed by atoms with Gasteiger partial charge in [-0.1, -0.05) is 229 Å². The van der Waals surface area contributed by atoms with E-state index in [9.17, 15) is 0 Å². The van der Waals surface area contributed by atoms with Crippen molar-refractivity contribution in [2.24, 2.45) is 0 Å². The second kappa shape index (κ2) is 21.8. The van der Waals surface area contributed by atoms with E-state index in [2.05, 4.69) is 310 Å². The summed E-state index contributed by atoms with van der Waals surface area (Å²) in [4.78, 5) is 20.9. The summed E-state index contributed by atoms with van der Waals surface area (Å²) in [5.41, 5.74) is 20.5. The number of hydrogen-bond acceptors (Lipinski definition) is 7. The molecule has 2 aromatic heterocycles. The van der Waals surface area contributed by atoms with E-state index in [4.69, 9.17) is 21.8 Å². The van der Waals surface area contributed by atoms with Gasteiger partial charge in [0.15, 0.2) is 0 Å². The Bertz CT molecular complexity index is 3250. The molecule has 0 N–H and O–H groups in total. The van der Waals surface area contributed by atoms with Crippen molar-refractivity contribution in [2.75, 3.05) is 19.6 Å². The first-order chi connectivity index (χ1) is 37.3. The van der Waals surface area contributed by atoms with E-state index in [1.54, 1.807) is 0 Å². The molecule has 2 aliphatic rings. The number of hydrogen-bond donors (Lipinski definition) is 0. The van der Waals surface area contributed by atoms with Gasteiger partial charge in [0.2, 0.25) is 0 Å². The van der Waals surface area contributed by atoms with Crippen LogP contribution in [0.25, 0.3) is 44.5 Å². The number of rotatable bonds is 8. The zero-order valence-electron chi connectivity index (χ0n) is 47.5. The zero-order chi connectivity index (χ0) is 55.3. The molecule has 0 saturated heterocycles. The van der Waals surface area contributed by atoms with Crippen LogP contribution in [0.3, 0.4) is 0 Å². The molecular weight excluding hydrogens is 1150 g/mol. The number of fused-ring (bicyclic) bond motifs is 2. The maximum atomic E-state index is 6.25. The normalized spacial score (nSPS) is 13.3. The molecule has 7 aromatic carbocycles. The van der Waals surface area contributed by atoms with Crippen LogP contribution in [0.2, 0.25) is 0 Å². The van der Waals surface area contributed by atoms with Crippen molar-refractivity contribution in [3.8, 4) is 44.5 Å². The van der Waals surface area contributed by atoms with Crippen molar-refractivity contribution in [3.05, 3.63) is 237 Å². The van der Waals surface area contributed by atoms with Crippen LogP contribution in [0.5, 0.6) is 0 Å². The van der Waals surface area contributed by atoms with Gasteiger partial charge in [0.05, 0.1) is 22.8 Å². The molecule has 9 aromatic rings. The van der Waals surface area contributed by atoms with Gasteiger partial charge in [0.25, 0.3) is 0 Å². The Kier molecular flexibility index (Phi) is 15.4. The molecule has 0 fully saturated rings. The topological polar surface area (TPSA) is 62.5 Å². The minimum Gasteiger partial charge on any atom is -0.512 e. The van der Waals surface area contributed by atoms with E-state index in [1.165, 1.54) is 0 Å². The van der Waals surface area contributed by atoms with Crippen LogP contribution in [0, 0.1) is 31.2 Å². The molecule has 398 valence electrons. The fourth-order valence-corrected chi connectivity index (χ4v) is 11.0. The van der Waals surface area contributed by atoms with Crippen LogP contribution in [0.1, 0.15) is 106 Å². The Morgan fingerprint density at radius 1 is 0.329 bits per heavy atom. The van der Waals surface area contributed by atoms with Crippen LogP contribution in [0.15, 0.2) is 188 Å². The SMILES string of the molecule is CC(C)(C)c1nc(C(C)(C)C)c(-c2ccccc2)c(N2[CH-]N(c3[c-]c(N4[CH-]N(c5c(-c6ccccc6)c(C(C)(C)C)nc(C(C)(C)C)c5-c5ccccc5)c5ccccc54)ccc3)c3ccccc32)c1-c1ccccc1.[C-]#N.[Pt+4]. The molecule has 7 nitrogen and oxygen atoms in total. The minimum absolute atomic E-state index is 0. The van der Waals surface area contributed by atoms with Gasteiger partial charge in [0, 0.05) is 78.0 Å². The molecule has 0 radical (unpaired) electrons. The number of benzene rings is 7. The molecule has 2 aliphatic heterocycles. The average molecular weight is 1220 g/mol. The fraction of sp³-hybridized carbons (Fsp3) is 0.225. The number of pyridine rings is 2. The fourth-order valence-electron chi connectivity index (χ4n) is 11.0. The number of nitrogens with zero attached hydrogens (tertiary/aromatic N) is 7. The summed E-state index contributed by atoms with van der Waals surface area (Å²) in [5, 5.41) is 6.25. The van der Waals surface area contributed by atoms with Crippen molar-refractivity contribution < 1.29 is 21.1 Å². The van der Waals surface area contributed by atoms with E-state index in [0.29, 0.717) is 0 Å². The van der Waals surface area contributed by atoms with Crippen LogP contribution in [0.4, 0.5) is 45.5 Å². The molecule has 0 aliphatic carbocycles. The van der Waals surface area contributed by atoms with E-state index in [-0.39, 0.29) is 42.7 Å². The zero-order valence-corrected chi connectivity index (χ0v) is 49.8. The summed E-state index contributed by atoms with van der Waals surface area (Å²) in [6.07, 6.45) is 0. The van der Waals surface area contributed by atoms with Crippen molar-refractivity contribution in [1.82, 2.24) is 9.97 Å². The Labute approximate surface area is 484 Å². The van der Waals surface area contributed by atoms with Gasteiger partial charge in [-0.25, -0.2) is 0 Å². The van der Waals surface area contributed by atoms with Crippen LogP contribution in [-0.2, 0) is 42.7 Å². The van der Waals surface area contributed by atoms with E-state index in [1.807, 2.05) is 0 Å². The molecule has 0 saturated carbocycles. The molecule has 0 unspecified atom stereocenters. The third-order valence-electron chi connectivity index (χ3n) is 14.5. The van der Waals surface area contributed by atoms with Crippen LogP contribution < -0.4 is 19.6 Å². The van der Waals surface area contributed by atoms with Crippen molar-refractivity contribution in [2.45, 2.75) is 105 Å². The molecule has 4 heterocycles. The summed E-state index contributed by atoms with van der Waals surface area (Å²) >= 11 is 0. The number of anilines is 8. The molecule has 0 atom stereocenters. The predicted molar refractivity (Wildman–Crippen MR) is 325 cm³/mol. The third kappa shape index (κ3) is 10.5. The van der Waals surface area contributed by atoms with E-state index < -0.39 is 0 Å². The molecule has 0 bridgehead atoms. The standard InChI is InChI=1S/C70H69N6.CN.Pt/c1-67(2,3)63-57(47-30-17-13-18-31-47)61(58(48-32-19-14-20-33-48)64(71-63)68(4,5)6)75-45-73(53-40-25-27-42-55(53)75)51-38-29-39-52(44-51)74-46-76(56-43-28-26-41-54(56)74)62-59(49-34-21-15-22-35-49)65(69(7,8)9)72-66(70(10,11)12)60(62)50-36-23-16-24-37-50;1-2;/h13-43,45-46H,1-12H3;;/q-3;-1;+4. The maximum absolute atomic E-state index is 6.25. The molecule has 8 heteroatoms. The van der Waals surface area contributed by atoms with Crippen molar-refractivity contribution in [1.29, 1.82) is 5.26 Å². The van der Waals surface area contributed by atoms with E-state index >= 15 is 0 Å². The molecule has 0 amide bonds. The largest absolute Gasteiger partial charge is 4.00 e. The monoisotopic (exact) mass is 1210 g/mol. The summed E-state index contributed by atoms with van der Waals surface area (Å²) in [5.74, 6) is 0. The first-order valence-corrected chi connectivity index (χ1v) is 27.0. The second-order valence-electron chi connectivity index (χ2n) is 24.4. The number of aromatic nitrogens is 2. The maximum Gasteiger partial charge on any atom is 4.00 e. The smallest absolute Gasteiger partial charge is 0.512 e. The molecule has 11 rings (SSSR count). The second-order valence-corrected chi connectivity index (χ2v) is 24.4.